The van der Waals surface area contributed by atoms with Gasteiger partial charge in [-0.2, -0.15) is 0 Å². The SMILES string of the molecule is CC1CC(C)CC(C(=O)C(=O)C2CCC3CCCCC3C2)C1. The minimum Gasteiger partial charge on any atom is -0.291 e. The highest BCUT2D eigenvalue weighted by Crippen LogP contribution is 2.43. The summed E-state index contributed by atoms with van der Waals surface area (Å²) in [5.41, 5.74) is 0. The molecule has 0 aromatic rings. The van der Waals surface area contributed by atoms with Crippen LogP contribution in [0.15, 0.2) is 0 Å². The molecule has 124 valence electrons. The second-order valence-corrected chi connectivity index (χ2v) is 8.66. The van der Waals surface area contributed by atoms with E-state index in [0.29, 0.717) is 11.8 Å². The first-order valence-corrected chi connectivity index (χ1v) is 9.62. The smallest absolute Gasteiger partial charge is 0.201 e. The van der Waals surface area contributed by atoms with E-state index in [1.807, 2.05) is 0 Å². The van der Waals surface area contributed by atoms with Crippen LogP contribution in [0, 0.1) is 35.5 Å². The van der Waals surface area contributed by atoms with E-state index in [1.54, 1.807) is 0 Å². The number of hydrogen-bond acceptors (Lipinski definition) is 2. The summed E-state index contributed by atoms with van der Waals surface area (Å²) < 4.78 is 0. The van der Waals surface area contributed by atoms with E-state index < -0.39 is 0 Å². The standard InChI is InChI=1S/C20H32O2/c1-13-9-14(2)11-18(10-13)20(22)19(21)17-8-7-15-5-3-4-6-16(15)12-17/h13-18H,3-12H2,1-2H3. The van der Waals surface area contributed by atoms with E-state index in [2.05, 4.69) is 13.8 Å². The molecule has 3 saturated carbocycles. The van der Waals surface area contributed by atoms with Gasteiger partial charge in [0.1, 0.15) is 0 Å². The topological polar surface area (TPSA) is 34.1 Å². The van der Waals surface area contributed by atoms with Crippen molar-refractivity contribution >= 4 is 11.6 Å². The summed E-state index contributed by atoms with van der Waals surface area (Å²) in [7, 11) is 0. The van der Waals surface area contributed by atoms with Crippen molar-refractivity contribution < 1.29 is 9.59 Å². The number of fused-ring (bicyclic) bond motifs is 1. The summed E-state index contributed by atoms with van der Waals surface area (Å²) >= 11 is 0. The Balaban J connectivity index is 1.59. The van der Waals surface area contributed by atoms with Gasteiger partial charge in [-0.15, -0.1) is 0 Å². The highest BCUT2D eigenvalue weighted by Gasteiger charge is 2.39. The van der Waals surface area contributed by atoms with Crippen molar-refractivity contribution in [1.29, 1.82) is 0 Å². The fourth-order valence-electron chi connectivity index (χ4n) is 5.67. The Hall–Kier alpha value is -0.660. The number of hydrogen-bond donors (Lipinski definition) is 0. The van der Waals surface area contributed by atoms with Crippen LogP contribution >= 0.6 is 0 Å². The van der Waals surface area contributed by atoms with Crippen LogP contribution in [0.5, 0.6) is 0 Å². The minimum absolute atomic E-state index is 0.00433. The molecule has 2 nitrogen and oxygen atoms in total. The van der Waals surface area contributed by atoms with E-state index >= 15 is 0 Å². The number of carbonyl (C=O) groups excluding carboxylic acids is 2. The lowest BCUT2D eigenvalue weighted by atomic mass is 9.65. The van der Waals surface area contributed by atoms with E-state index in [1.165, 1.54) is 38.5 Å². The second kappa shape index (κ2) is 6.84. The van der Waals surface area contributed by atoms with Gasteiger partial charge >= 0.3 is 0 Å². The van der Waals surface area contributed by atoms with Crippen molar-refractivity contribution in [3.63, 3.8) is 0 Å². The zero-order valence-corrected chi connectivity index (χ0v) is 14.4. The first-order valence-electron chi connectivity index (χ1n) is 9.62. The van der Waals surface area contributed by atoms with E-state index in [0.717, 1.165) is 37.5 Å². The molecule has 0 aromatic heterocycles. The van der Waals surface area contributed by atoms with Gasteiger partial charge in [-0.05, 0) is 62.2 Å². The fraction of sp³-hybridized carbons (Fsp3) is 0.900. The van der Waals surface area contributed by atoms with Gasteiger partial charge in [0.25, 0.3) is 0 Å². The van der Waals surface area contributed by atoms with E-state index in [9.17, 15) is 9.59 Å². The molecule has 0 bridgehead atoms. The Morgan fingerprint density at radius 2 is 1.23 bits per heavy atom. The number of ketones is 2. The maximum Gasteiger partial charge on any atom is 0.201 e. The second-order valence-electron chi connectivity index (χ2n) is 8.66. The molecule has 0 aliphatic heterocycles. The molecule has 0 radical (unpaired) electrons. The molecule has 0 N–H and O–H groups in total. The molecule has 3 fully saturated rings. The van der Waals surface area contributed by atoms with Crippen molar-refractivity contribution in [1.82, 2.24) is 0 Å². The zero-order chi connectivity index (χ0) is 15.7. The third-order valence-electron chi connectivity index (χ3n) is 6.70. The Bertz CT molecular complexity index is 417. The summed E-state index contributed by atoms with van der Waals surface area (Å²) in [6.45, 7) is 4.46. The Morgan fingerprint density at radius 1 is 0.636 bits per heavy atom. The van der Waals surface area contributed by atoms with Crippen molar-refractivity contribution in [3.8, 4) is 0 Å². The third-order valence-corrected chi connectivity index (χ3v) is 6.70. The first-order chi connectivity index (χ1) is 10.5. The minimum atomic E-state index is -0.0161. The number of carbonyl (C=O) groups is 2. The highest BCUT2D eigenvalue weighted by molar-refractivity contribution is 6.38. The van der Waals surface area contributed by atoms with Crippen molar-refractivity contribution in [2.75, 3.05) is 0 Å². The van der Waals surface area contributed by atoms with Crippen molar-refractivity contribution in [3.05, 3.63) is 0 Å². The molecule has 3 aliphatic rings. The zero-order valence-electron chi connectivity index (χ0n) is 14.4. The average Bonchev–Trinajstić information content (AvgIpc) is 2.52. The average molecular weight is 304 g/mol. The molecule has 3 rings (SSSR count). The van der Waals surface area contributed by atoms with Crippen molar-refractivity contribution in [2.24, 2.45) is 35.5 Å². The van der Waals surface area contributed by atoms with Crippen LogP contribution in [-0.4, -0.2) is 11.6 Å². The Kier molecular flexibility index (Phi) is 5.04. The van der Waals surface area contributed by atoms with Crippen LogP contribution in [0.4, 0.5) is 0 Å². The lowest BCUT2D eigenvalue weighted by Gasteiger charge is -2.39. The highest BCUT2D eigenvalue weighted by atomic mass is 16.2. The fourth-order valence-corrected chi connectivity index (χ4v) is 5.67. The molecule has 22 heavy (non-hydrogen) atoms. The van der Waals surface area contributed by atoms with Gasteiger partial charge in [0.2, 0.25) is 11.6 Å². The summed E-state index contributed by atoms with van der Waals surface area (Å²) in [4.78, 5) is 25.4. The molecular weight excluding hydrogens is 272 g/mol. The van der Waals surface area contributed by atoms with Crippen LogP contribution in [0.1, 0.15) is 78.1 Å². The van der Waals surface area contributed by atoms with E-state index in [-0.39, 0.29) is 23.4 Å². The van der Waals surface area contributed by atoms with Crippen LogP contribution in [0.3, 0.4) is 0 Å². The molecular formula is C20H32O2. The van der Waals surface area contributed by atoms with Gasteiger partial charge in [0.05, 0.1) is 0 Å². The molecule has 3 aliphatic carbocycles. The molecule has 0 saturated heterocycles. The van der Waals surface area contributed by atoms with Gasteiger partial charge in [0.15, 0.2) is 0 Å². The largest absolute Gasteiger partial charge is 0.291 e. The lowest BCUT2D eigenvalue weighted by Crippen LogP contribution is -2.38. The third kappa shape index (κ3) is 3.46. The van der Waals surface area contributed by atoms with Gasteiger partial charge in [-0.1, -0.05) is 39.5 Å². The lowest BCUT2D eigenvalue weighted by molar-refractivity contribution is -0.143. The molecule has 2 heteroatoms. The molecule has 0 aromatic carbocycles. The summed E-state index contributed by atoms with van der Waals surface area (Å²) in [5.74, 6) is 2.83. The Labute approximate surface area is 135 Å². The summed E-state index contributed by atoms with van der Waals surface area (Å²) in [6, 6.07) is 0. The summed E-state index contributed by atoms with van der Waals surface area (Å²) in [6.07, 6.45) is 11.6. The normalized spacial score (nSPS) is 42.5. The predicted octanol–water partition coefficient (Wildman–Crippen LogP) is 4.80. The van der Waals surface area contributed by atoms with Crippen molar-refractivity contribution in [2.45, 2.75) is 78.1 Å². The summed E-state index contributed by atoms with van der Waals surface area (Å²) in [5, 5.41) is 0. The maximum atomic E-state index is 12.7. The predicted molar refractivity (Wildman–Crippen MR) is 88.5 cm³/mol. The van der Waals surface area contributed by atoms with Gasteiger partial charge < -0.3 is 0 Å². The molecule has 0 spiro atoms. The molecule has 5 unspecified atom stereocenters. The maximum absolute atomic E-state index is 12.7. The van der Waals surface area contributed by atoms with Crippen LogP contribution < -0.4 is 0 Å². The number of rotatable bonds is 3. The van der Waals surface area contributed by atoms with Gasteiger partial charge in [-0.3, -0.25) is 9.59 Å². The van der Waals surface area contributed by atoms with Crippen LogP contribution in [0.25, 0.3) is 0 Å². The van der Waals surface area contributed by atoms with Gasteiger partial charge in [-0.25, -0.2) is 0 Å². The van der Waals surface area contributed by atoms with Crippen LogP contribution in [0.2, 0.25) is 0 Å². The molecule has 0 amide bonds. The molecule has 0 heterocycles. The van der Waals surface area contributed by atoms with E-state index in [4.69, 9.17) is 0 Å². The van der Waals surface area contributed by atoms with Crippen LogP contribution in [-0.2, 0) is 9.59 Å². The first kappa shape index (κ1) is 16.2. The number of Topliss-reactive ketones (excluding diaryl/α,β-unsaturated/α-hetero) is 2. The molecule has 5 atom stereocenters. The monoisotopic (exact) mass is 304 g/mol. The Morgan fingerprint density at radius 3 is 1.91 bits per heavy atom. The quantitative estimate of drug-likeness (QED) is 0.702. The van der Waals surface area contributed by atoms with Gasteiger partial charge in [0, 0.05) is 11.8 Å².